The summed E-state index contributed by atoms with van der Waals surface area (Å²) in [6.07, 6.45) is 5.58. The molecule has 0 atom stereocenters. The van der Waals surface area contributed by atoms with E-state index in [-0.39, 0.29) is 0 Å². The van der Waals surface area contributed by atoms with E-state index < -0.39 is 0 Å². The second-order valence-corrected chi connectivity index (χ2v) is 5.28. The molecule has 0 saturated heterocycles. The van der Waals surface area contributed by atoms with Crippen molar-refractivity contribution < 1.29 is 4.74 Å². The molecular formula is C17H21ClN2O. The van der Waals surface area contributed by atoms with Gasteiger partial charge in [-0.2, -0.15) is 0 Å². The van der Waals surface area contributed by atoms with E-state index in [4.69, 9.17) is 16.3 Å². The zero-order valence-electron chi connectivity index (χ0n) is 12.5. The molecule has 2 aromatic rings. The lowest BCUT2D eigenvalue weighted by Gasteiger charge is -2.12. The average molecular weight is 305 g/mol. The van der Waals surface area contributed by atoms with Crippen molar-refractivity contribution in [3.63, 3.8) is 0 Å². The Kier molecular flexibility index (Phi) is 6.03. The van der Waals surface area contributed by atoms with E-state index in [2.05, 4.69) is 24.1 Å². The van der Waals surface area contributed by atoms with E-state index in [9.17, 15) is 0 Å². The zero-order chi connectivity index (χ0) is 15.1. The molecular weight excluding hydrogens is 284 g/mol. The SMILES string of the molecule is CCCNCc1cnccc1Oc1ccc(Cl)c(CC)c1. The molecule has 2 rings (SSSR count). The van der Waals surface area contributed by atoms with Gasteiger partial charge in [-0.25, -0.2) is 0 Å². The lowest BCUT2D eigenvalue weighted by molar-refractivity contribution is 0.471. The molecule has 0 bridgehead atoms. The molecule has 3 nitrogen and oxygen atoms in total. The van der Waals surface area contributed by atoms with Crippen molar-refractivity contribution in [1.29, 1.82) is 0 Å². The van der Waals surface area contributed by atoms with Gasteiger partial charge in [-0.3, -0.25) is 4.98 Å². The molecule has 0 spiro atoms. The van der Waals surface area contributed by atoms with Gasteiger partial charge in [0, 0.05) is 29.5 Å². The Balaban J connectivity index is 2.15. The second kappa shape index (κ2) is 8.01. The highest BCUT2D eigenvalue weighted by molar-refractivity contribution is 6.31. The smallest absolute Gasteiger partial charge is 0.134 e. The fourth-order valence-corrected chi connectivity index (χ4v) is 2.31. The number of aromatic nitrogens is 1. The molecule has 0 aliphatic carbocycles. The number of benzene rings is 1. The topological polar surface area (TPSA) is 34.2 Å². The molecule has 4 heteroatoms. The highest BCUT2D eigenvalue weighted by Gasteiger charge is 2.06. The van der Waals surface area contributed by atoms with Crippen LogP contribution in [-0.4, -0.2) is 11.5 Å². The molecule has 21 heavy (non-hydrogen) atoms. The molecule has 0 aliphatic rings. The highest BCUT2D eigenvalue weighted by atomic mass is 35.5. The first-order chi connectivity index (χ1) is 10.2. The van der Waals surface area contributed by atoms with Crippen LogP contribution in [0.1, 0.15) is 31.4 Å². The highest BCUT2D eigenvalue weighted by Crippen LogP contribution is 2.28. The van der Waals surface area contributed by atoms with E-state index in [0.717, 1.165) is 53.6 Å². The quantitative estimate of drug-likeness (QED) is 0.760. The minimum Gasteiger partial charge on any atom is -0.457 e. The van der Waals surface area contributed by atoms with Gasteiger partial charge >= 0.3 is 0 Å². The summed E-state index contributed by atoms with van der Waals surface area (Å²) < 4.78 is 6.00. The van der Waals surface area contributed by atoms with Crippen molar-refractivity contribution >= 4 is 11.6 Å². The molecule has 0 aliphatic heterocycles. The number of ether oxygens (including phenoxy) is 1. The van der Waals surface area contributed by atoms with Crippen LogP contribution in [-0.2, 0) is 13.0 Å². The van der Waals surface area contributed by atoms with Crippen LogP contribution in [0.2, 0.25) is 5.02 Å². The van der Waals surface area contributed by atoms with Crippen LogP contribution in [0, 0.1) is 0 Å². The van der Waals surface area contributed by atoms with Crippen molar-refractivity contribution in [3.8, 4) is 11.5 Å². The number of nitrogens with zero attached hydrogens (tertiary/aromatic N) is 1. The predicted octanol–water partition coefficient (Wildman–Crippen LogP) is 4.59. The first-order valence-corrected chi connectivity index (χ1v) is 7.72. The molecule has 112 valence electrons. The Labute approximate surface area is 131 Å². The van der Waals surface area contributed by atoms with Crippen LogP contribution in [0.3, 0.4) is 0 Å². The Morgan fingerprint density at radius 3 is 2.81 bits per heavy atom. The van der Waals surface area contributed by atoms with Gasteiger partial charge < -0.3 is 10.1 Å². The third-order valence-corrected chi connectivity index (χ3v) is 3.60. The molecule has 0 saturated carbocycles. The Hall–Kier alpha value is -1.58. The van der Waals surface area contributed by atoms with Gasteiger partial charge in [0.1, 0.15) is 11.5 Å². The number of hydrogen-bond donors (Lipinski definition) is 1. The number of halogens is 1. The fourth-order valence-electron chi connectivity index (χ4n) is 2.06. The monoisotopic (exact) mass is 304 g/mol. The Morgan fingerprint density at radius 1 is 1.19 bits per heavy atom. The zero-order valence-corrected chi connectivity index (χ0v) is 13.3. The van der Waals surface area contributed by atoms with Gasteiger partial charge in [0.25, 0.3) is 0 Å². The Bertz CT molecular complexity index is 587. The lowest BCUT2D eigenvalue weighted by Crippen LogP contribution is -2.14. The van der Waals surface area contributed by atoms with Crippen molar-refractivity contribution in [2.75, 3.05) is 6.54 Å². The standard InChI is InChI=1S/C17H21ClN2O/c1-3-8-19-11-14-12-20-9-7-17(14)21-15-5-6-16(18)13(4-2)10-15/h5-7,9-10,12,19H,3-4,8,11H2,1-2H3. The minimum atomic E-state index is 0.755. The summed E-state index contributed by atoms with van der Waals surface area (Å²) in [5.74, 6) is 1.64. The second-order valence-electron chi connectivity index (χ2n) is 4.87. The maximum absolute atomic E-state index is 6.14. The average Bonchev–Trinajstić information content (AvgIpc) is 2.51. The lowest BCUT2D eigenvalue weighted by atomic mass is 10.1. The number of nitrogens with one attached hydrogen (secondary N) is 1. The van der Waals surface area contributed by atoms with Gasteiger partial charge in [0.15, 0.2) is 0 Å². The Morgan fingerprint density at radius 2 is 2.05 bits per heavy atom. The van der Waals surface area contributed by atoms with Gasteiger partial charge in [0.2, 0.25) is 0 Å². The van der Waals surface area contributed by atoms with Crippen LogP contribution in [0.25, 0.3) is 0 Å². The summed E-state index contributed by atoms with van der Waals surface area (Å²) in [6, 6.07) is 7.66. The molecule has 1 N–H and O–H groups in total. The van der Waals surface area contributed by atoms with Gasteiger partial charge in [-0.1, -0.05) is 25.4 Å². The molecule has 1 aromatic heterocycles. The summed E-state index contributed by atoms with van der Waals surface area (Å²) in [5, 5.41) is 4.15. The van der Waals surface area contributed by atoms with Crippen molar-refractivity contribution in [3.05, 3.63) is 52.8 Å². The van der Waals surface area contributed by atoms with Crippen LogP contribution >= 0.6 is 11.6 Å². The number of rotatable bonds is 7. The fraction of sp³-hybridized carbons (Fsp3) is 0.353. The maximum Gasteiger partial charge on any atom is 0.134 e. The minimum absolute atomic E-state index is 0.755. The number of pyridine rings is 1. The molecule has 0 fully saturated rings. The van der Waals surface area contributed by atoms with E-state index in [1.165, 1.54) is 0 Å². The molecule has 1 heterocycles. The van der Waals surface area contributed by atoms with Crippen molar-refractivity contribution in [1.82, 2.24) is 10.3 Å². The first-order valence-electron chi connectivity index (χ1n) is 7.34. The van der Waals surface area contributed by atoms with Crippen LogP contribution in [0.4, 0.5) is 0 Å². The van der Waals surface area contributed by atoms with E-state index in [1.54, 1.807) is 6.20 Å². The first kappa shape index (κ1) is 15.8. The third kappa shape index (κ3) is 4.45. The largest absolute Gasteiger partial charge is 0.457 e. The summed E-state index contributed by atoms with van der Waals surface area (Å²) in [4.78, 5) is 4.17. The number of aryl methyl sites for hydroxylation is 1. The van der Waals surface area contributed by atoms with Crippen LogP contribution in [0.5, 0.6) is 11.5 Å². The predicted molar refractivity (Wildman–Crippen MR) is 87.1 cm³/mol. The summed E-state index contributed by atoms with van der Waals surface area (Å²) in [5.41, 5.74) is 2.15. The molecule has 1 aromatic carbocycles. The van der Waals surface area contributed by atoms with Gasteiger partial charge in [-0.15, -0.1) is 0 Å². The van der Waals surface area contributed by atoms with Crippen molar-refractivity contribution in [2.24, 2.45) is 0 Å². The van der Waals surface area contributed by atoms with E-state index in [0.29, 0.717) is 0 Å². The summed E-state index contributed by atoms with van der Waals surface area (Å²) in [7, 11) is 0. The van der Waals surface area contributed by atoms with E-state index >= 15 is 0 Å². The van der Waals surface area contributed by atoms with Crippen LogP contribution < -0.4 is 10.1 Å². The van der Waals surface area contributed by atoms with E-state index in [1.807, 2.05) is 30.5 Å². The normalized spacial score (nSPS) is 10.6. The van der Waals surface area contributed by atoms with Crippen LogP contribution in [0.15, 0.2) is 36.7 Å². The van der Waals surface area contributed by atoms with Gasteiger partial charge in [0.05, 0.1) is 0 Å². The molecule has 0 amide bonds. The number of hydrogen-bond acceptors (Lipinski definition) is 3. The molecule has 0 unspecified atom stereocenters. The third-order valence-electron chi connectivity index (χ3n) is 3.23. The van der Waals surface area contributed by atoms with Crippen molar-refractivity contribution in [2.45, 2.75) is 33.2 Å². The maximum atomic E-state index is 6.14. The summed E-state index contributed by atoms with van der Waals surface area (Å²) in [6.45, 7) is 5.96. The van der Waals surface area contributed by atoms with Gasteiger partial charge in [-0.05, 0) is 49.2 Å². The molecule has 0 radical (unpaired) electrons. The summed E-state index contributed by atoms with van der Waals surface area (Å²) >= 11 is 6.14.